The molecule has 0 aromatic heterocycles. The molecule has 4 heteroatoms. The van der Waals surface area contributed by atoms with E-state index in [1.54, 1.807) is 0 Å². The van der Waals surface area contributed by atoms with Crippen LogP contribution in [0.4, 0.5) is 0 Å². The fraction of sp³-hybridized carbons (Fsp3) is 0.714. The molecule has 25 heavy (non-hydrogen) atoms. The van der Waals surface area contributed by atoms with Crippen LogP contribution in [0.5, 0.6) is 0 Å². The Balaban J connectivity index is 0. The van der Waals surface area contributed by atoms with Gasteiger partial charge in [-0.3, -0.25) is 0 Å². The highest BCUT2D eigenvalue weighted by Gasteiger charge is 2.11. The van der Waals surface area contributed by atoms with E-state index in [0.717, 1.165) is 25.3 Å². The molecule has 0 rings (SSSR count). The number of ether oxygens (including phenoxy) is 2. The van der Waals surface area contributed by atoms with Gasteiger partial charge < -0.3 is 9.47 Å². The smallest absolute Gasteiger partial charge is 0.330 e. The lowest BCUT2D eigenvalue weighted by molar-refractivity contribution is -0.143. The zero-order valence-corrected chi connectivity index (χ0v) is 16.6. The molecule has 0 heterocycles. The third kappa shape index (κ3) is 20.4. The molecule has 1 atom stereocenters. The van der Waals surface area contributed by atoms with Crippen molar-refractivity contribution in [2.75, 3.05) is 7.11 Å². The third-order valence-corrected chi connectivity index (χ3v) is 3.83. The predicted octanol–water partition coefficient (Wildman–Crippen LogP) is 5.76. The lowest BCUT2D eigenvalue weighted by atomic mass is 10.0. The second-order valence-electron chi connectivity index (χ2n) is 6.04. The molecule has 0 amide bonds. The van der Waals surface area contributed by atoms with Gasteiger partial charge in [-0.15, -0.1) is 0 Å². The molecular formula is C21H38O4. The minimum Gasteiger partial charge on any atom is -0.466 e. The van der Waals surface area contributed by atoms with Crippen LogP contribution in [0.15, 0.2) is 25.3 Å². The minimum absolute atomic E-state index is 0.100. The highest BCUT2D eigenvalue weighted by Crippen LogP contribution is 2.16. The van der Waals surface area contributed by atoms with Gasteiger partial charge in [0.15, 0.2) is 0 Å². The Morgan fingerprint density at radius 2 is 1.24 bits per heavy atom. The SMILES string of the molecule is C=CC(=O)OC.C=CC(=O)OC(CCCCC)CCCCCCCC. The van der Waals surface area contributed by atoms with Gasteiger partial charge in [0.1, 0.15) is 6.10 Å². The molecule has 4 nitrogen and oxygen atoms in total. The van der Waals surface area contributed by atoms with Gasteiger partial charge in [-0.2, -0.15) is 0 Å². The fourth-order valence-corrected chi connectivity index (χ4v) is 2.33. The Kier molecular flexibility index (Phi) is 21.0. The van der Waals surface area contributed by atoms with Gasteiger partial charge in [-0.1, -0.05) is 72.0 Å². The molecule has 0 bridgehead atoms. The van der Waals surface area contributed by atoms with Crippen LogP contribution in [0, 0.1) is 0 Å². The number of rotatable bonds is 14. The summed E-state index contributed by atoms with van der Waals surface area (Å²) in [4.78, 5) is 21.1. The van der Waals surface area contributed by atoms with Gasteiger partial charge >= 0.3 is 11.9 Å². The van der Waals surface area contributed by atoms with E-state index >= 15 is 0 Å². The largest absolute Gasteiger partial charge is 0.466 e. The van der Waals surface area contributed by atoms with Crippen molar-refractivity contribution in [3.05, 3.63) is 25.3 Å². The van der Waals surface area contributed by atoms with Gasteiger partial charge in [0, 0.05) is 12.2 Å². The Bertz CT molecular complexity index is 350. The normalized spacial score (nSPS) is 10.8. The van der Waals surface area contributed by atoms with Gasteiger partial charge in [0.05, 0.1) is 7.11 Å². The van der Waals surface area contributed by atoms with E-state index in [1.807, 2.05) is 0 Å². The first-order valence-corrected chi connectivity index (χ1v) is 9.59. The summed E-state index contributed by atoms with van der Waals surface area (Å²) >= 11 is 0. The quantitative estimate of drug-likeness (QED) is 0.226. The zero-order chi connectivity index (χ0) is 19.3. The van der Waals surface area contributed by atoms with Crippen LogP contribution in [-0.2, 0) is 19.1 Å². The lowest BCUT2D eigenvalue weighted by Crippen LogP contribution is -2.16. The molecule has 0 spiro atoms. The van der Waals surface area contributed by atoms with Crippen LogP contribution in [0.1, 0.15) is 84.5 Å². The lowest BCUT2D eigenvalue weighted by Gasteiger charge is -2.16. The standard InChI is InChI=1S/C17H32O2.C4H6O2/c1-4-7-9-10-11-13-15-16(14-12-8-5-2)19-17(18)6-3;1-3-4(5)6-2/h6,16H,3-5,7-15H2,1-2H3;3H,1H2,2H3. The number of hydrogen-bond acceptors (Lipinski definition) is 4. The molecule has 0 aromatic carbocycles. The highest BCUT2D eigenvalue weighted by molar-refractivity contribution is 5.81. The van der Waals surface area contributed by atoms with E-state index in [9.17, 15) is 9.59 Å². The number of carbonyl (C=O) groups is 2. The average Bonchev–Trinajstić information content (AvgIpc) is 2.64. The number of methoxy groups -OCH3 is 1. The van der Waals surface area contributed by atoms with Crippen molar-refractivity contribution in [3.63, 3.8) is 0 Å². The van der Waals surface area contributed by atoms with E-state index in [4.69, 9.17) is 4.74 Å². The fourth-order valence-electron chi connectivity index (χ4n) is 2.33. The van der Waals surface area contributed by atoms with Crippen LogP contribution in [-0.4, -0.2) is 25.2 Å². The van der Waals surface area contributed by atoms with Gasteiger partial charge in [0.2, 0.25) is 0 Å². The number of hydrogen-bond donors (Lipinski definition) is 0. The Hall–Kier alpha value is -1.58. The number of esters is 2. The molecule has 0 saturated heterocycles. The molecule has 0 saturated carbocycles. The van der Waals surface area contributed by atoms with Crippen LogP contribution >= 0.6 is 0 Å². The van der Waals surface area contributed by atoms with Crippen molar-refractivity contribution in [3.8, 4) is 0 Å². The van der Waals surface area contributed by atoms with Crippen molar-refractivity contribution < 1.29 is 19.1 Å². The first-order chi connectivity index (χ1) is 12.0. The van der Waals surface area contributed by atoms with Crippen molar-refractivity contribution in [1.82, 2.24) is 0 Å². The van der Waals surface area contributed by atoms with E-state index in [2.05, 4.69) is 31.7 Å². The second-order valence-corrected chi connectivity index (χ2v) is 6.04. The van der Waals surface area contributed by atoms with Crippen LogP contribution in [0.3, 0.4) is 0 Å². The Labute approximate surface area is 154 Å². The molecule has 0 aromatic rings. The summed E-state index contributed by atoms with van der Waals surface area (Å²) in [6.45, 7) is 11.1. The van der Waals surface area contributed by atoms with E-state index in [0.29, 0.717) is 0 Å². The molecule has 0 aliphatic carbocycles. The van der Waals surface area contributed by atoms with Crippen LogP contribution in [0.25, 0.3) is 0 Å². The molecule has 146 valence electrons. The number of unbranched alkanes of at least 4 members (excludes halogenated alkanes) is 7. The van der Waals surface area contributed by atoms with Gasteiger partial charge in [-0.05, 0) is 25.7 Å². The molecular weight excluding hydrogens is 316 g/mol. The summed E-state index contributed by atoms with van der Waals surface area (Å²) in [6, 6.07) is 0. The van der Waals surface area contributed by atoms with Crippen LogP contribution in [0.2, 0.25) is 0 Å². The third-order valence-electron chi connectivity index (χ3n) is 3.83. The average molecular weight is 355 g/mol. The Morgan fingerprint density at radius 1 is 0.800 bits per heavy atom. The van der Waals surface area contributed by atoms with Gasteiger partial charge in [0.25, 0.3) is 0 Å². The van der Waals surface area contributed by atoms with Gasteiger partial charge in [-0.25, -0.2) is 9.59 Å². The zero-order valence-electron chi connectivity index (χ0n) is 16.6. The molecule has 0 fully saturated rings. The summed E-state index contributed by atoms with van der Waals surface area (Å²) in [6.07, 6.45) is 15.8. The molecule has 0 radical (unpaired) electrons. The van der Waals surface area contributed by atoms with Crippen molar-refractivity contribution in [2.45, 2.75) is 90.6 Å². The molecule has 1 unspecified atom stereocenters. The van der Waals surface area contributed by atoms with Crippen LogP contribution < -0.4 is 0 Å². The summed E-state index contributed by atoms with van der Waals surface area (Å²) in [5, 5.41) is 0. The maximum absolute atomic E-state index is 11.3. The van der Waals surface area contributed by atoms with E-state index in [1.165, 1.54) is 64.6 Å². The van der Waals surface area contributed by atoms with Crippen molar-refractivity contribution >= 4 is 11.9 Å². The first-order valence-electron chi connectivity index (χ1n) is 9.59. The Morgan fingerprint density at radius 3 is 1.68 bits per heavy atom. The molecule has 0 aliphatic heterocycles. The summed E-state index contributed by atoms with van der Waals surface area (Å²) in [5.74, 6) is -0.664. The molecule has 0 aliphatic rings. The predicted molar refractivity (Wildman–Crippen MR) is 104 cm³/mol. The number of carbonyl (C=O) groups excluding carboxylic acids is 2. The molecule has 0 N–H and O–H groups in total. The first kappa shape index (κ1) is 25.7. The van der Waals surface area contributed by atoms with Crippen molar-refractivity contribution in [2.24, 2.45) is 0 Å². The maximum atomic E-state index is 11.3. The van der Waals surface area contributed by atoms with E-state index < -0.39 is 5.97 Å². The van der Waals surface area contributed by atoms with Crippen molar-refractivity contribution in [1.29, 1.82) is 0 Å². The summed E-state index contributed by atoms with van der Waals surface area (Å²) < 4.78 is 9.56. The summed E-state index contributed by atoms with van der Waals surface area (Å²) in [5.41, 5.74) is 0. The second kappa shape index (κ2) is 20.5. The summed E-state index contributed by atoms with van der Waals surface area (Å²) in [7, 11) is 1.31. The highest BCUT2D eigenvalue weighted by atomic mass is 16.5. The topological polar surface area (TPSA) is 52.6 Å². The van der Waals surface area contributed by atoms with E-state index in [-0.39, 0.29) is 12.1 Å². The maximum Gasteiger partial charge on any atom is 0.330 e. The monoisotopic (exact) mass is 354 g/mol. The minimum atomic E-state index is -0.394.